The third-order valence-electron chi connectivity index (χ3n) is 9.92. The Labute approximate surface area is 324 Å². The molecule has 8 rings (SSSR count). The number of nitrogens with zero attached hydrogens (tertiary/aromatic N) is 6. The number of amides is 1. The van der Waals surface area contributed by atoms with Crippen LogP contribution in [-0.4, -0.2) is 49.7 Å². The number of hydrogen-bond acceptors (Lipinski definition) is 7. The van der Waals surface area contributed by atoms with Crippen molar-refractivity contribution in [3.63, 3.8) is 0 Å². The first-order chi connectivity index (χ1) is 26.9. The second kappa shape index (κ2) is 13.8. The molecule has 3 aromatic carbocycles. The maximum absolute atomic E-state index is 15.4. The van der Waals surface area contributed by atoms with E-state index >= 15 is 8.78 Å². The van der Waals surface area contributed by atoms with Crippen LogP contribution in [0.5, 0.6) is 0 Å². The number of sulfonamides is 1. The summed E-state index contributed by atoms with van der Waals surface area (Å²) in [5, 5.41) is 10.8. The number of carbonyl (C=O) groups is 1. The second-order valence-corrected chi connectivity index (χ2v) is 16.1. The average Bonchev–Trinajstić information content (AvgIpc) is 3.66. The summed E-state index contributed by atoms with van der Waals surface area (Å²) in [5.41, 5.74) is -1.93. The Morgan fingerprint density at radius 2 is 1.74 bits per heavy atom. The number of carbonyl (C=O) groups excluding carboxylic acids is 1. The Bertz CT molecular complexity index is 2770. The van der Waals surface area contributed by atoms with Gasteiger partial charge in [-0.3, -0.25) is 28.2 Å². The quantitative estimate of drug-likeness (QED) is 0.141. The van der Waals surface area contributed by atoms with Gasteiger partial charge in [-0.05, 0) is 42.2 Å². The molecule has 3 aromatic heterocycles. The minimum atomic E-state index is -3.88. The summed E-state index contributed by atoms with van der Waals surface area (Å²) >= 11 is 6.56. The fourth-order valence-electron chi connectivity index (χ4n) is 7.64. The summed E-state index contributed by atoms with van der Waals surface area (Å²) in [4.78, 5) is 33.1. The van der Waals surface area contributed by atoms with E-state index in [1.54, 1.807) is 30.3 Å². The van der Waals surface area contributed by atoms with Gasteiger partial charge in [-0.2, -0.15) is 19.0 Å². The topological polar surface area (TPSA) is 146 Å². The molecule has 2 N–H and O–H groups in total. The van der Waals surface area contributed by atoms with Gasteiger partial charge in [0.15, 0.2) is 5.82 Å². The van der Waals surface area contributed by atoms with Gasteiger partial charge in [-0.1, -0.05) is 41.9 Å². The van der Waals surface area contributed by atoms with Gasteiger partial charge in [0.2, 0.25) is 15.9 Å². The molecule has 0 aliphatic heterocycles. The molecule has 3 atom stereocenters. The zero-order valence-electron chi connectivity index (χ0n) is 29.7. The summed E-state index contributed by atoms with van der Waals surface area (Å²) < 4.78 is 118. The molecule has 0 saturated heterocycles. The van der Waals surface area contributed by atoms with Gasteiger partial charge in [0.25, 0.3) is 17.9 Å². The lowest BCUT2D eigenvalue weighted by Crippen LogP contribution is -2.38. The number of anilines is 1. The van der Waals surface area contributed by atoms with E-state index in [4.69, 9.17) is 16.6 Å². The third kappa shape index (κ3) is 6.91. The molecule has 3 heterocycles. The molecule has 0 radical (unpaired) electrons. The van der Waals surface area contributed by atoms with Crippen molar-refractivity contribution in [2.75, 3.05) is 11.0 Å². The first-order valence-corrected chi connectivity index (χ1v) is 19.5. The van der Waals surface area contributed by atoms with Crippen LogP contribution in [-0.2, 0) is 40.8 Å². The molecule has 20 heteroatoms. The maximum atomic E-state index is 15.4. The van der Waals surface area contributed by atoms with E-state index in [1.165, 1.54) is 29.9 Å². The van der Waals surface area contributed by atoms with Gasteiger partial charge < -0.3 is 5.32 Å². The van der Waals surface area contributed by atoms with Crippen LogP contribution in [0.3, 0.4) is 0 Å². The first kappa shape index (κ1) is 38.2. The van der Waals surface area contributed by atoms with Gasteiger partial charge in [-0.25, -0.2) is 31.0 Å². The molecule has 1 fully saturated rings. The summed E-state index contributed by atoms with van der Waals surface area (Å²) in [7, 11) is -2.43. The van der Waals surface area contributed by atoms with E-state index in [2.05, 4.69) is 20.2 Å². The van der Waals surface area contributed by atoms with Crippen molar-refractivity contribution in [3.05, 3.63) is 122 Å². The second-order valence-electron chi connectivity index (χ2n) is 14.0. The summed E-state index contributed by atoms with van der Waals surface area (Å²) in [5.74, 6) is -8.91. The number of alkyl halides is 4. The summed E-state index contributed by atoms with van der Waals surface area (Å²) in [6.07, 6.45) is -2.72. The van der Waals surface area contributed by atoms with E-state index in [1.807, 2.05) is 0 Å². The van der Waals surface area contributed by atoms with Gasteiger partial charge in [0, 0.05) is 42.6 Å². The lowest BCUT2D eigenvalue weighted by atomic mass is 10.0. The van der Waals surface area contributed by atoms with Crippen molar-refractivity contribution in [2.24, 2.45) is 13.0 Å². The van der Waals surface area contributed by atoms with Crippen LogP contribution < -0.4 is 15.6 Å². The molecule has 1 saturated carbocycles. The van der Waals surface area contributed by atoms with Crippen LogP contribution in [0.25, 0.3) is 27.8 Å². The molecule has 0 bridgehead atoms. The minimum Gasteiger partial charge on any atom is -0.344 e. The highest BCUT2D eigenvalue weighted by atomic mass is 35.5. The van der Waals surface area contributed by atoms with E-state index < -0.39 is 87.7 Å². The van der Waals surface area contributed by atoms with Crippen molar-refractivity contribution in [2.45, 2.75) is 43.7 Å². The normalized spacial score (nSPS) is 17.4. The van der Waals surface area contributed by atoms with E-state index in [0.717, 1.165) is 23.0 Å². The molecule has 0 spiro atoms. The highest BCUT2D eigenvalue weighted by Crippen LogP contribution is 2.68. The van der Waals surface area contributed by atoms with Crippen molar-refractivity contribution >= 4 is 44.3 Å². The highest BCUT2D eigenvalue weighted by molar-refractivity contribution is 7.92. The lowest BCUT2D eigenvalue weighted by Gasteiger charge is -2.24. The number of nitrogens with one attached hydrogen (secondary N) is 2. The molecule has 6 aromatic rings. The summed E-state index contributed by atoms with van der Waals surface area (Å²) in [6.45, 7) is -0.964. The fraction of sp³-hybridized carbons (Fsp3) is 0.270. The summed E-state index contributed by atoms with van der Waals surface area (Å²) in [6, 6.07) is 13.5. The van der Waals surface area contributed by atoms with Crippen LogP contribution in [0.1, 0.15) is 53.1 Å². The minimum absolute atomic E-state index is 0.00523. The Balaban J connectivity index is 1.31. The SMILES string of the molecule is Cn1nc(NS(C)(=O)=O)c2c(Cl)ccc(-n3c([C@@H](Cc4cc(F)cc(F)c4)NC(=O)Cn4nc(C(F)F)c5c4C(F)(F)[C@@H]4C[C@H]54)nc(-c4ccccc4)cc3=O)c21. The highest BCUT2D eigenvalue weighted by Gasteiger charge is 2.67. The number of aromatic nitrogens is 6. The Kier molecular flexibility index (Phi) is 9.22. The number of halogens is 7. The van der Waals surface area contributed by atoms with Gasteiger partial charge in [-0.15, -0.1) is 0 Å². The fourth-order valence-corrected chi connectivity index (χ4v) is 8.38. The molecular formula is C37H29ClF6N8O4S. The van der Waals surface area contributed by atoms with Gasteiger partial charge >= 0.3 is 0 Å². The molecule has 12 nitrogen and oxygen atoms in total. The monoisotopic (exact) mass is 830 g/mol. The number of aryl methyl sites for hydroxylation is 1. The maximum Gasteiger partial charge on any atom is 0.293 e. The van der Waals surface area contributed by atoms with Gasteiger partial charge in [0.1, 0.15) is 35.4 Å². The number of rotatable bonds is 11. The number of benzene rings is 3. The standard InChI is InChI=1S/C37H29ClF6N8O4S/c1-50-32-26(9-8-23(38)30(32)35(48-50)49-57(2,55)56)52-28(54)15-24(18-6-4-3-5-7-18)46-36(52)25(12-17-10-19(39)13-20(40)11-17)45-27(53)16-51-33-29(31(47-51)34(41)42)21-14-22(21)37(33,43)44/h3-11,13,15,21-22,25,34H,12,14,16H2,1-2H3,(H,45,53)(H,48,49)/t21-,22+,25+/m0/s1. The molecule has 1 amide bonds. The molecule has 57 heavy (non-hydrogen) atoms. The van der Waals surface area contributed by atoms with Crippen molar-refractivity contribution in [1.82, 2.24) is 34.4 Å². The van der Waals surface area contributed by atoms with Crippen LogP contribution in [0.2, 0.25) is 5.02 Å². The van der Waals surface area contributed by atoms with E-state index in [0.29, 0.717) is 16.3 Å². The van der Waals surface area contributed by atoms with Crippen molar-refractivity contribution < 1.29 is 39.6 Å². The zero-order chi connectivity index (χ0) is 40.7. The third-order valence-corrected chi connectivity index (χ3v) is 10.8. The number of hydrogen-bond donors (Lipinski definition) is 2. The average molecular weight is 831 g/mol. The molecule has 2 aliphatic rings. The lowest BCUT2D eigenvalue weighted by molar-refractivity contribution is -0.123. The van der Waals surface area contributed by atoms with Gasteiger partial charge in [0.05, 0.1) is 39.6 Å². The van der Waals surface area contributed by atoms with Crippen LogP contribution >= 0.6 is 11.6 Å². The van der Waals surface area contributed by atoms with Crippen molar-refractivity contribution in [3.8, 4) is 16.9 Å². The zero-order valence-corrected chi connectivity index (χ0v) is 31.2. The van der Waals surface area contributed by atoms with E-state index in [9.17, 15) is 35.6 Å². The largest absolute Gasteiger partial charge is 0.344 e. The number of fused-ring (bicyclic) bond motifs is 4. The molecular weight excluding hydrogens is 802 g/mol. The first-order valence-electron chi connectivity index (χ1n) is 17.3. The van der Waals surface area contributed by atoms with Crippen LogP contribution in [0.4, 0.5) is 32.2 Å². The smallest absolute Gasteiger partial charge is 0.293 e. The van der Waals surface area contributed by atoms with Crippen LogP contribution in [0, 0.1) is 17.6 Å². The van der Waals surface area contributed by atoms with Crippen LogP contribution in [0.15, 0.2) is 71.5 Å². The Hall–Kier alpha value is -5.69. The molecule has 2 aliphatic carbocycles. The van der Waals surface area contributed by atoms with Crippen molar-refractivity contribution in [1.29, 1.82) is 0 Å². The predicted molar refractivity (Wildman–Crippen MR) is 196 cm³/mol. The Morgan fingerprint density at radius 1 is 1.04 bits per heavy atom. The van der Waals surface area contributed by atoms with E-state index in [-0.39, 0.29) is 56.5 Å². The molecule has 0 unspecified atom stereocenters. The molecule has 296 valence electrons. The predicted octanol–water partition coefficient (Wildman–Crippen LogP) is 6.53. The Morgan fingerprint density at radius 3 is 2.40 bits per heavy atom.